The molecule has 2 aromatic rings. The molecule has 2 N–H and O–H groups in total. The molecule has 2 heterocycles. The van der Waals surface area contributed by atoms with Crippen molar-refractivity contribution in [1.29, 1.82) is 0 Å². The minimum Gasteiger partial charge on any atom is -0.466 e. The molecular weight excluding hydrogens is 264 g/mol. The van der Waals surface area contributed by atoms with E-state index in [1.807, 2.05) is 6.92 Å². The number of hydrogen-bond acceptors (Lipinski definition) is 3. The summed E-state index contributed by atoms with van der Waals surface area (Å²) >= 11 is 0. The Morgan fingerprint density at radius 2 is 2.33 bits per heavy atom. The van der Waals surface area contributed by atoms with E-state index < -0.39 is 0 Å². The molecule has 1 aromatic heterocycles. The molecule has 4 rings (SSSR count). The average molecular weight is 284 g/mol. The van der Waals surface area contributed by atoms with Crippen LogP contribution in [0.1, 0.15) is 30.4 Å². The van der Waals surface area contributed by atoms with Crippen molar-refractivity contribution in [3.8, 4) is 0 Å². The van der Waals surface area contributed by atoms with Crippen LogP contribution < -0.4 is 5.32 Å². The molecule has 110 valence electrons. The number of ether oxygens (including phenoxy) is 1. The third kappa shape index (κ3) is 1.97. The van der Waals surface area contributed by atoms with Gasteiger partial charge in [0.15, 0.2) is 0 Å². The molecule has 1 aliphatic carbocycles. The fourth-order valence-electron chi connectivity index (χ4n) is 3.98. The molecule has 3 atom stereocenters. The molecule has 2 aliphatic rings. The predicted octanol–water partition coefficient (Wildman–Crippen LogP) is 2.35. The van der Waals surface area contributed by atoms with Gasteiger partial charge < -0.3 is 15.0 Å². The number of rotatable bonds is 2. The molecule has 4 nitrogen and oxygen atoms in total. The molecule has 1 saturated heterocycles. The van der Waals surface area contributed by atoms with E-state index in [9.17, 15) is 4.79 Å². The van der Waals surface area contributed by atoms with Crippen molar-refractivity contribution in [3.05, 3.63) is 35.5 Å². The number of aromatic nitrogens is 1. The Balaban J connectivity index is 1.70. The third-order valence-electron chi connectivity index (χ3n) is 4.93. The van der Waals surface area contributed by atoms with Crippen molar-refractivity contribution >= 4 is 16.9 Å². The van der Waals surface area contributed by atoms with Crippen LogP contribution in [0.4, 0.5) is 0 Å². The summed E-state index contributed by atoms with van der Waals surface area (Å²) in [5, 5.41) is 4.94. The molecule has 1 aliphatic heterocycles. The van der Waals surface area contributed by atoms with Crippen molar-refractivity contribution in [2.75, 3.05) is 13.2 Å². The molecule has 0 amide bonds. The summed E-state index contributed by atoms with van der Waals surface area (Å²) < 4.78 is 5.20. The van der Waals surface area contributed by atoms with Gasteiger partial charge in [0.1, 0.15) is 0 Å². The third-order valence-corrected chi connectivity index (χ3v) is 4.93. The van der Waals surface area contributed by atoms with Crippen molar-refractivity contribution in [2.45, 2.75) is 31.7 Å². The van der Waals surface area contributed by atoms with Crippen LogP contribution in [-0.4, -0.2) is 30.1 Å². The highest BCUT2D eigenvalue weighted by Crippen LogP contribution is 2.41. The molecule has 1 fully saturated rings. The number of piperidine rings is 1. The van der Waals surface area contributed by atoms with Crippen molar-refractivity contribution in [1.82, 2.24) is 10.3 Å². The summed E-state index contributed by atoms with van der Waals surface area (Å²) in [7, 11) is 0. The quantitative estimate of drug-likeness (QED) is 0.832. The fraction of sp³-hybridized carbons (Fsp3) is 0.471. The number of H-pyrrole nitrogens is 1. The number of benzene rings is 1. The van der Waals surface area contributed by atoms with Crippen LogP contribution >= 0.6 is 0 Å². The van der Waals surface area contributed by atoms with Gasteiger partial charge in [-0.2, -0.15) is 0 Å². The van der Waals surface area contributed by atoms with E-state index in [2.05, 4.69) is 34.7 Å². The van der Waals surface area contributed by atoms with Gasteiger partial charge in [-0.05, 0) is 37.0 Å². The summed E-state index contributed by atoms with van der Waals surface area (Å²) in [6.07, 6.45) is 4.06. The van der Waals surface area contributed by atoms with E-state index >= 15 is 0 Å². The zero-order valence-corrected chi connectivity index (χ0v) is 12.2. The Morgan fingerprint density at radius 3 is 3.19 bits per heavy atom. The van der Waals surface area contributed by atoms with Crippen LogP contribution in [0.5, 0.6) is 0 Å². The van der Waals surface area contributed by atoms with E-state index in [-0.39, 0.29) is 11.9 Å². The topological polar surface area (TPSA) is 54.1 Å². The van der Waals surface area contributed by atoms with Crippen LogP contribution in [0.25, 0.3) is 10.9 Å². The number of aromatic amines is 1. The maximum absolute atomic E-state index is 12.0. The smallest absolute Gasteiger partial charge is 0.310 e. The Labute approximate surface area is 123 Å². The zero-order valence-electron chi connectivity index (χ0n) is 12.2. The lowest BCUT2D eigenvalue weighted by atomic mass is 9.73. The molecule has 21 heavy (non-hydrogen) atoms. The Kier molecular flexibility index (Phi) is 3.00. The largest absolute Gasteiger partial charge is 0.466 e. The number of nitrogens with one attached hydrogen (secondary N) is 2. The number of carbonyl (C=O) groups is 1. The minimum absolute atomic E-state index is 0.0260. The number of esters is 1. The molecule has 4 heteroatoms. The molecule has 1 aromatic carbocycles. The van der Waals surface area contributed by atoms with Crippen molar-refractivity contribution in [2.24, 2.45) is 5.92 Å². The highest BCUT2D eigenvalue weighted by atomic mass is 16.5. The summed E-state index contributed by atoms with van der Waals surface area (Å²) in [5.74, 6) is 0.317. The lowest BCUT2D eigenvalue weighted by Gasteiger charge is -2.39. The van der Waals surface area contributed by atoms with Crippen molar-refractivity contribution < 1.29 is 9.53 Å². The lowest BCUT2D eigenvalue weighted by Crippen LogP contribution is -2.48. The Bertz CT molecular complexity index is 691. The highest BCUT2D eigenvalue weighted by Gasteiger charge is 2.38. The van der Waals surface area contributed by atoms with Gasteiger partial charge in [0.05, 0.1) is 12.5 Å². The molecule has 0 radical (unpaired) electrons. The SMILES string of the molecule is CCOC(=O)C1CN[C@@H]2Cc3c[nH]c4cccc(c34)[C@H]2C1. The average Bonchev–Trinajstić information content (AvgIpc) is 2.92. The standard InChI is InChI=1S/C17H20N2O2/c1-2-21-17(20)11-6-13-12-4-3-5-14-16(12)10(8-18-14)7-15(13)19-9-11/h3-5,8,11,13,15,18-19H,2,6-7,9H2,1H3/t11?,13-,15-/m1/s1. The fourth-order valence-corrected chi connectivity index (χ4v) is 3.98. The van der Waals surface area contributed by atoms with Gasteiger partial charge in [-0.15, -0.1) is 0 Å². The highest BCUT2D eigenvalue weighted by molar-refractivity contribution is 5.88. The Hall–Kier alpha value is -1.81. The van der Waals surface area contributed by atoms with Crippen LogP contribution in [0.3, 0.4) is 0 Å². The van der Waals surface area contributed by atoms with Crippen LogP contribution in [-0.2, 0) is 16.0 Å². The van der Waals surface area contributed by atoms with Gasteiger partial charge in [0.2, 0.25) is 0 Å². The van der Waals surface area contributed by atoms with E-state index in [0.29, 0.717) is 18.6 Å². The summed E-state index contributed by atoms with van der Waals surface area (Å²) in [4.78, 5) is 15.4. The molecule has 1 unspecified atom stereocenters. The monoisotopic (exact) mass is 284 g/mol. The van der Waals surface area contributed by atoms with Gasteiger partial charge >= 0.3 is 5.97 Å². The van der Waals surface area contributed by atoms with Gasteiger partial charge in [0, 0.05) is 35.6 Å². The molecule has 0 bridgehead atoms. The van der Waals surface area contributed by atoms with Gasteiger partial charge in [0.25, 0.3) is 0 Å². The first-order valence-corrected chi connectivity index (χ1v) is 7.76. The summed E-state index contributed by atoms with van der Waals surface area (Å²) in [6, 6.07) is 6.88. The van der Waals surface area contributed by atoms with Gasteiger partial charge in [-0.1, -0.05) is 12.1 Å². The Morgan fingerprint density at radius 1 is 1.43 bits per heavy atom. The second-order valence-corrected chi connectivity index (χ2v) is 6.09. The molecule has 0 saturated carbocycles. The van der Waals surface area contributed by atoms with Gasteiger partial charge in [-0.3, -0.25) is 4.79 Å². The predicted molar refractivity (Wildman–Crippen MR) is 81.3 cm³/mol. The number of fused-ring (bicyclic) bond motifs is 2. The lowest BCUT2D eigenvalue weighted by molar-refractivity contribution is -0.149. The van der Waals surface area contributed by atoms with Crippen LogP contribution in [0.15, 0.2) is 24.4 Å². The first-order chi connectivity index (χ1) is 10.3. The summed E-state index contributed by atoms with van der Waals surface area (Å²) in [6.45, 7) is 3.06. The van der Waals surface area contributed by atoms with E-state index in [0.717, 1.165) is 19.4 Å². The molecular formula is C17H20N2O2. The first kappa shape index (κ1) is 12.9. The van der Waals surface area contributed by atoms with E-state index in [4.69, 9.17) is 4.74 Å². The number of hydrogen-bond donors (Lipinski definition) is 2. The second kappa shape index (κ2) is 4.88. The van der Waals surface area contributed by atoms with Gasteiger partial charge in [-0.25, -0.2) is 0 Å². The second-order valence-electron chi connectivity index (χ2n) is 6.09. The van der Waals surface area contributed by atoms with E-state index in [1.165, 1.54) is 22.0 Å². The maximum atomic E-state index is 12.0. The zero-order chi connectivity index (χ0) is 14.4. The molecule has 0 spiro atoms. The van der Waals surface area contributed by atoms with Crippen molar-refractivity contribution in [3.63, 3.8) is 0 Å². The summed E-state index contributed by atoms with van der Waals surface area (Å²) in [5.41, 5.74) is 3.98. The minimum atomic E-state index is -0.0597. The van der Waals surface area contributed by atoms with Crippen LogP contribution in [0, 0.1) is 5.92 Å². The maximum Gasteiger partial charge on any atom is 0.310 e. The van der Waals surface area contributed by atoms with E-state index in [1.54, 1.807) is 0 Å². The number of carbonyl (C=O) groups excluding carboxylic acids is 1. The van der Waals surface area contributed by atoms with Crippen LogP contribution in [0.2, 0.25) is 0 Å². The normalized spacial score (nSPS) is 27.4. The first-order valence-electron chi connectivity index (χ1n) is 7.76.